The Morgan fingerprint density at radius 3 is 2.79 bits per heavy atom. The highest BCUT2D eigenvalue weighted by molar-refractivity contribution is 5.75. The van der Waals surface area contributed by atoms with Gasteiger partial charge in [-0.2, -0.15) is 5.10 Å². The smallest absolute Gasteiger partial charge is 0.165 e. The molecular formula is C16H12FN7. The molecule has 0 atom stereocenters. The lowest BCUT2D eigenvalue weighted by atomic mass is 10.1. The van der Waals surface area contributed by atoms with Crippen LogP contribution in [-0.4, -0.2) is 29.5 Å². The van der Waals surface area contributed by atoms with Gasteiger partial charge < -0.3 is 5.73 Å². The van der Waals surface area contributed by atoms with Crippen LogP contribution in [0.2, 0.25) is 0 Å². The monoisotopic (exact) mass is 321 g/mol. The van der Waals surface area contributed by atoms with E-state index >= 15 is 0 Å². The predicted molar refractivity (Wildman–Crippen MR) is 85.4 cm³/mol. The molecule has 4 aromatic heterocycles. The molecule has 0 aliphatic heterocycles. The van der Waals surface area contributed by atoms with Crippen molar-refractivity contribution in [2.75, 3.05) is 5.73 Å². The second kappa shape index (κ2) is 5.65. The molecule has 0 aliphatic rings. The lowest BCUT2D eigenvalue weighted by molar-refractivity contribution is 0.619. The van der Waals surface area contributed by atoms with Gasteiger partial charge in [-0.25, -0.2) is 18.9 Å². The number of hydrogen-bond donors (Lipinski definition) is 1. The number of nitrogen functional groups attached to an aromatic ring is 1. The van der Waals surface area contributed by atoms with Crippen LogP contribution >= 0.6 is 0 Å². The zero-order chi connectivity index (χ0) is 16.5. The number of hydrogen-bond acceptors (Lipinski definition) is 6. The average molecular weight is 321 g/mol. The molecule has 0 saturated heterocycles. The van der Waals surface area contributed by atoms with E-state index in [9.17, 15) is 4.39 Å². The number of nitrogens with zero attached hydrogens (tertiary/aromatic N) is 6. The third-order valence-electron chi connectivity index (χ3n) is 3.62. The maximum absolute atomic E-state index is 12.9. The molecular weight excluding hydrogens is 309 g/mol. The van der Waals surface area contributed by atoms with Crippen LogP contribution in [0, 0.1) is 5.82 Å². The van der Waals surface area contributed by atoms with E-state index in [1.807, 2.05) is 0 Å². The molecule has 7 nitrogen and oxygen atoms in total. The summed E-state index contributed by atoms with van der Waals surface area (Å²) in [5.74, 6) is 0.459. The lowest BCUT2D eigenvalue weighted by Gasteiger charge is -2.06. The molecule has 0 radical (unpaired) electrons. The minimum atomic E-state index is -0.375. The number of pyridine rings is 1. The number of halogens is 1. The fourth-order valence-electron chi connectivity index (χ4n) is 2.40. The summed E-state index contributed by atoms with van der Waals surface area (Å²) in [6.45, 7) is 0. The van der Waals surface area contributed by atoms with E-state index in [0.29, 0.717) is 23.8 Å². The van der Waals surface area contributed by atoms with Gasteiger partial charge in [0.05, 0.1) is 29.7 Å². The fraction of sp³-hybridized carbons (Fsp3) is 0.0625. The molecule has 0 aromatic carbocycles. The van der Waals surface area contributed by atoms with Gasteiger partial charge in [0.15, 0.2) is 5.82 Å². The molecule has 0 aliphatic carbocycles. The first-order valence-corrected chi connectivity index (χ1v) is 7.20. The average Bonchev–Trinajstić information content (AvgIpc) is 3.03. The molecule has 2 N–H and O–H groups in total. The Labute approximate surface area is 136 Å². The molecule has 4 heterocycles. The zero-order valence-electron chi connectivity index (χ0n) is 12.5. The van der Waals surface area contributed by atoms with Crippen molar-refractivity contribution in [3.63, 3.8) is 0 Å². The van der Waals surface area contributed by atoms with Gasteiger partial charge in [0.1, 0.15) is 11.6 Å². The first-order valence-electron chi connectivity index (χ1n) is 7.20. The molecule has 0 amide bonds. The SMILES string of the molecule is Nc1nc(-c2cnn3ccncc23)ncc1Cc1ccc(F)cn1. The van der Waals surface area contributed by atoms with Gasteiger partial charge in [-0.3, -0.25) is 9.97 Å². The molecule has 8 heteroatoms. The van der Waals surface area contributed by atoms with Gasteiger partial charge in [0.25, 0.3) is 0 Å². The minimum Gasteiger partial charge on any atom is -0.383 e. The summed E-state index contributed by atoms with van der Waals surface area (Å²) in [6.07, 6.45) is 10.0. The van der Waals surface area contributed by atoms with Crippen molar-refractivity contribution in [2.45, 2.75) is 6.42 Å². The molecule has 4 aromatic rings. The van der Waals surface area contributed by atoms with Crippen LogP contribution in [0.15, 0.2) is 49.3 Å². The largest absolute Gasteiger partial charge is 0.383 e. The van der Waals surface area contributed by atoms with Crippen molar-refractivity contribution in [3.8, 4) is 11.4 Å². The normalized spacial score (nSPS) is 11.0. The second-order valence-corrected chi connectivity index (χ2v) is 5.21. The fourth-order valence-corrected chi connectivity index (χ4v) is 2.40. The molecule has 0 fully saturated rings. The summed E-state index contributed by atoms with van der Waals surface area (Å²) in [7, 11) is 0. The van der Waals surface area contributed by atoms with Gasteiger partial charge in [-0.05, 0) is 12.1 Å². The quantitative estimate of drug-likeness (QED) is 0.619. The summed E-state index contributed by atoms with van der Waals surface area (Å²) < 4.78 is 14.6. The number of nitrogens with two attached hydrogens (primary N) is 1. The van der Waals surface area contributed by atoms with Crippen LogP contribution < -0.4 is 5.73 Å². The molecule has 0 unspecified atom stereocenters. The summed E-state index contributed by atoms with van der Waals surface area (Å²) in [5.41, 5.74) is 9.02. The van der Waals surface area contributed by atoms with Crippen LogP contribution in [-0.2, 0) is 6.42 Å². The van der Waals surface area contributed by atoms with Crippen molar-refractivity contribution in [1.29, 1.82) is 0 Å². The van der Waals surface area contributed by atoms with Crippen LogP contribution in [0.4, 0.5) is 10.2 Å². The van der Waals surface area contributed by atoms with E-state index < -0.39 is 0 Å². The maximum Gasteiger partial charge on any atom is 0.165 e. The Hall–Kier alpha value is -3.42. The van der Waals surface area contributed by atoms with Crippen molar-refractivity contribution in [1.82, 2.24) is 29.5 Å². The predicted octanol–water partition coefficient (Wildman–Crippen LogP) is 1.89. The molecule has 4 rings (SSSR count). The molecule has 0 spiro atoms. The first-order chi connectivity index (χ1) is 11.7. The van der Waals surface area contributed by atoms with E-state index in [1.165, 1.54) is 12.3 Å². The maximum atomic E-state index is 12.9. The van der Waals surface area contributed by atoms with Gasteiger partial charge in [0.2, 0.25) is 0 Å². The molecule has 0 saturated carbocycles. The van der Waals surface area contributed by atoms with E-state index in [2.05, 4.69) is 25.0 Å². The summed E-state index contributed by atoms with van der Waals surface area (Å²) in [6, 6.07) is 2.97. The standard InChI is InChI=1S/C16H12FN7/c17-11-1-2-12(20-7-11)5-10-6-21-16(23-15(10)18)13-8-22-24-4-3-19-9-14(13)24/h1-4,6-9H,5H2,(H2,18,21,23). The highest BCUT2D eigenvalue weighted by Crippen LogP contribution is 2.22. The molecule has 24 heavy (non-hydrogen) atoms. The lowest BCUT2D eigenvalue weighted by Crippen LogP contribution is -2.03. The number of aromatic nitrogens is 6. The topological polar surface area (TPSA) is 94.9 Å². The van der Waals surface area contributed by atoms with Crippen molar-refractivity contribution in [3.05, 3.63) is 66.4 Å². The van der Waals surface area contributed by atoms with Gasteiger partial charge in [-0.15, -0.1) is 0 Å². The van der Waals surface area contributed by atoms with E-state index in [0.717, 1.165) is 16.6 Å². The summed E-state index contributed by atoms with van der Waals surface area (Å²) >= 11 is 0. The van der Waals surface area contributed by atoms with Crippen LogP contribution in [0.5, 0.6) is 0 Å². The van der Waals surface area contributed by atoms with Crippen LogP contribution in [0.1, 0.15) is 11.3 Å². The number of rotatable bonds is 3. The van der Waals surface area contributed by atoms with Gasteiger partial charge in [-0.1, -0.05) is 0 Å². The number of fused-ring (bicyclic) bond motifs is 1. The Balaban J connectivity index is 1.68. The van der Waals surface area contributed by atoms with Crippen molar-refractivity contribution in [2.24, 2.45) is 0 Å². The number of anilines is 1. The van der Waals surface area contributed by atoms with E-state index in [4.69, 9.17) is 5.73 Å². The highest BCUT2D eigenvalue weighted by Gasteiger charge is 2.12. The third-order valence-corrected chi connectivity index (χ3v) is 3.62. The van der Waals surface area contributed by atoms with Crippen molar-refractivity contribution < 1.29 is 4.39 Å². The first kappa shape index (κ1) is 14.2. The summed E-state index contributed by atoms with van der Waals surface area (Å²) in [4.78, 5) is 16.8. The minimum absolute atomic E-state index is 0.356. The van der Waals surface area contributed by atoms with Crippen LogP contribution in [0.3, 0.4) is 0 Å². The van der Waals surface area contributed by atoms with Crippen molar-refractivity contribution >= 4 is 11.3 Å². The Kier molecular flexibility index (Phi) is 3.34. The Bertz CT molecular complexity index is 1010. The van der Waals surface area contributed by atoms with Crippen LogP contribution in [0.25, 0.3) is 16.9 Å². The highest BCUT2D eigenvalue weighted by atomic mass is 19.1. The third kappa shape index (κ3) is 2.54. The zero-order valence-corrected chi connectivity index (χ0v) is 12.5. The van der Waals surface area contributed by atoms with E-state index in [1.54, 1.807) is 41.6 Å². The molecule has 0 bridgehead atoms. The summed E-state index contributed by atoms with van der Waals surface area (Å²) in [5, 5.41) is 4.23. The van der Waals surface area contributed by atoms with E-state index in [-0.39, 0.29) is 5.82 Å². The Morgan fingerprint density at radius 1 is 1.08 bits per heavy atom. The Morgan fingerprint density at radius 2 is 2.00 bits per heavy atom. The molecule has 118 valence electrons. The van der Waals surface area contributed by atoms with Gasteiger partial charge >= 0.3 is 0 Å². The second-order valence-electron chi connectivity index (χ2n) is 5.21. The van der Waals surface area contributed by atoms with Gasteiger partial charge in [0, 0.05) is 36.3 Å².